The first-order chi connectivity index (χ1) is 14.7. The first-order valence-electron chi connectivity index (χ1n) is 12.0. The summed E-state index contributed by atoms with van der Waals surface area (Å²) in [5.41, 5.74) is 1.19. The maximum Gasteiger partial charge on any atom is 0.187 e. The third-order valence-electron chi connectivity index (χ3n) is 6.37. The van der Waals surface area contributed by atoms with Gasteiger partial charge in [-0.15, -0.1) is 0 Å². The second-order valence-electron chi connectivity index (χ2n) is 10.7. The normalized spacial score (nSPS) is 15.0. The van der Waals surface area contributed by atoms with Gasteiger partial charge in [0, 0.05) is 0 Å². The highest BCUT2D eigenvalue weighted by atomic mass is 28.4. The average Bonchev–Trinajstić information content (AvgIpc) is 3.54. The highest BCUT2D eigenvalue weighted by Crippen LogP contribution is 2.33. The Bertz CT molecular complexity index is 1050. The zero-order valence-corrected chi connectivity index (χ0v) is 21.0. The van der Waals surface area contributed by atoms with Crippen LogP contribution in [0.1, 0.15) is 52.0 Å². The Labute approximate surface area is 189 Å². The summed E-state index contributed by atoms with van der Waals surface area (Å²) in [7, 11) is -1.65. The predicted octanol–water partition coefficient (Wildman–Crippen LogP) is 8.12. The van der Waals surface area contributed by atoms with Gasteiger partial charge in [0.05, 0.1) is 12.2 Å². The van der Waals surface area contributed by atoms with Crippen LogP contribution in [0.4, 0.5) is 0 Å². The van der Waals surface area contributed by atoms with Gasteiger partial charge < -0.3 is 9.16 Å². The van der Waals surface area contributed by atoms with Crippen molar-refractivity contribution in [3.63, 3.8) is 0 Å². The van der Waals surface area contributed by atoms with Gasteiger partial charge in [0.15, 0.2) is 8.32 Å². The molecule has 3 aromatic carbocycles. The summed E-state index contributed by atoms with van der Waals surface area (Å²) in [6.45, 7) is 12.3. The molecular formula is C28H38O2Si. The van der Waals surface area contributed by atoms with E-state index in [1.54, 1.807) is 0 Å². The van der Waals surface area contributed by atoms with Crippen LogP contribution in [-0.2, 0) is 10.8 Å². The summed E-state index contributed by atoms with van der Waals surface area (Å²) in [5, 5.41) is 5.15. The molecule has 0 radical (unpaired) electrons. The topological polar surface area (TPSA) is 18.5 Å². The minimum atomic E-state index is -1.65. The fourth-order valence-corrected chi connectivity index (χ4v) is 7.58. The van der Waals surface area contributed by atoms with Crippen molar-refractivity contribution in [2.75, 3.05) is 6.61 Å². The molecule has 3 heteroatoms. The Kier molecular flexibility index (Phi) is 6.46. The number of hydrogen-bond acceptors (Lipinski definition) is 2. The smallest absolute Gasteiger partial charge is 0.187 e. The minimum absolute atomic E-state index is 0.153. The zero-order valence-electron chi connectivity index (χ0n) is 20.0. The highest BCUT2D eigenvalue weighted by molar-refractivity contribution is 6.71. The van der Waals surface area contributed by atoms with Gasteiger partial charge in [-0.05, 0) is 97.4 Å². The lowest BCUT2D eigenvalue weighted by Crippen LogP contribution is -2.42. The van der Waals surface area contributed by atoms with Gasteiger partial charge in [0.2, 0.25) is 0 Å². The van der Waals surface area contributed by atoms with Crippen LogP contribution in [0.3, 0.4) is 0 Å². The van der Waals surface area contributed by atoms with Gasteiger partial charge in [0.25, 0.3) is 0 Å². The lowest BCUT2D eigenvalue weighted by molar-refractivity contribution is 0.0991. The van der Waals surface area contributed by atoms with Crippen molar-refractivity contribution in [1.29, 1.82) is 0 Å². The number of rotatable bonds is 10. The summed E-state index contributed by atoms with van der Waals surface area (Å²) in [6.07, 6.45) is 6.07. The molecule has 4 rings (SSSR count). The van der Waals surface area contributed by atoms with Crippen molar-refractivity contribution in [2.24, 2.45) is 5.92 Å². The Morgan fingerprint density at radius 1 is 0.935 bits per heavy atom. The molecule has 0 aromatic heterocycles. The van der Waals surface area contributed by atoms with E-state index in [1.807, 2.05) is 0 Å². The Morgan fingerprint density at radius 2 is 1.58 bits per heavy atom. The van der Waals surface area contributed by atoms with Gasteiger partial charge in [-0.1, -0.05) is 56.2 Å². The molecule has 1 aliphatic carbocycles. The first-order valence-corrected chi connectivity index (χ1v) is 15.1. The molecule has 1 aliphatic rings. The van der Waals surface area contributed by atoms with Gasteiger partial charge in [-0.2, -0.15) is 0 Å². The van der Waals surface area contributed by atoms with Crippen LogP contribution in [-0.4, -0.2) is 20.5 Å². The van der Waals surface area contributed by atoms with Gasteiger partial charge >= 0.3 is 0 Å². The third kappa shape index (κ3) is 5.90. The van der Waals surface area contributed by atoms with Gasteiger partial charge in [-0.25, -0.2) is 0 Å². The van der Waals surface area contributed by atoms with Crippen molar-refractivity contribution in [1.82, 2.24) is 0 Å². The molecule has 166 valence electrons. The first kappa shape index (κ1) is 22.4. The van der Waals surface area contributed by atoms with Crippen molar-refractivity contribution < 1.29 is 9.16 Å². The molecule has 31 heavy (non-hydrogen) atoms. The maximum absolute atomic E-state index is 6.73. The number of ether oxygens (including phenoxy) is 1. The minimum Gasteiger partial charge on any atom is -0.493 e. The quantitative estimate of drug-likeness (QED) is 0.237. The average molecular weight is 435 g/mol. The van der Waals surface area contributed by atoms with Crippen molar-refractivity contribution in [2.45, 2.75) is 77.6 Å². The predicted molar refractivity (Wildman–Crippen MR) is 136 cm³/mol. The second kappa shape index (κ2) is 8.95. The SMILES string of the molecule is CCCC[Si](C)(C)OC(C)(C)Cc1ccc2ccc3ccc(OCC4CC4)cc3c2c1. The van der Waals surface area contributed by atoms with Crippen LogP contribution in [0, 0.1) is 5.92 Å². The largest absolute Gasteiger partial charge is 0.493 e. The van der Waals surface area contributed by atoms with E-state index in [-0.39, 0.29) is 5.60 Å². The summed E-state index contributed by atoms with van der Waals surface area (Å²) >= 11 is 0. The van der Waals surface area contributed by atoms with Crippen molar-refractivity contribution in [3.05, 3.63) is 54.1 Å². The van der Waals surface area contributed by atoms with Crippen LogP contribution in [0.2, 0.25) is 19.1 Å². The van der Waals surface area contributed by atoms with Crippen LogP contribution in [0.5, 0.6) is 5.75 Å². The van der Waals surface area contributed by atoms with E-state index in [0.717, 1.165) is 24.7 Å². The lowest BCUT2D eigenvalue weighted by Gasteiger charge is -2.35. The molecule has 0 unspecified atom stereocenters. The van der Waals surface area contributed by atoms with Crippen LogP contribution >= 0.6 is 0 Å². The van der Waals surface area contributed by atoms with E-state index >= 15 is 0 Å². The Morgan fingerprint density at radius 3 is 2.26 bits per heavy atom. The van der Waals surface area contributed by atoms with Gasteiger partial charge in [0.1, 0.15) is 5.75 Å². The fourth-order valence-electron chi connectivity index (χ4n) is 4.70. The molecule has 0 heterocycles. The van der Waals surface area contributed by atoms with Crippen LogP contribution in [0.15, 0.2) is 48.5 Å². The summed E-state index contributed by atoms with van der Waals surface area (Å²) in [5.74, 6) is 1.76. The maximum atomic E-state index is 6.73. The molecule has 2 nitrogen and oxygen atoms in total. The van der Waals surface area contributed by atoms with E-state index in [4.69, 9.17) is 9.16 Å². The molecule has 0 N–H and O–H groups in total. The molecule has 1 saturated carbocycles. The third-order valence-corrected chi connectivity index (χ3v) is 9.04. The van der Waals surface area contributed by atoms with E-state index in [1.165, 1.54) is 58.8 Å². The second-order valence-corrected chi connectivity index (χ2v) is 14.9. The van der Waals surface area contributed by atoms with Crippen molar-refractivity contribution in [3.8, 4) is 5.75 Å². The van der Waals surface area contributed by atoms with Crippen molar-refractivity contribution >= 4 is 29.9 Å². The molecule has 0 atom stereocenters. The molecule has 0 saturated heterocycles. The summed E-state index contributed by atoms with van der Waals surface area (Å²) in [4.78, 5) is 0. The molecule has 0 amide bonds. The number of fused-ring (bicyclic) bond motifs is 3. The van der Waals surface area contributed by atoms with Crippen LogP contribution < -0.4 is 4.74 Å². The number of hydrogen-bond donors (Lipinski definition) is 0. The summed E-state index contributed by atoms with van der Waals surface area (Å²) < 4.78 is 12.8. The molecular weight excluding hydrogens is 396 g/mol. The summed E-state index contributed by atoms with van der Waals surface area (Å²) in [6, 6.07) is 19.1. The van der Waals surface area contributed by atoms with Gasteiger partial charge in [-0.3, -0.25) is 0 Å². The van der Waals surface area contributed by atoms with E-state index in [2.05, 4.69) is 82.4 Å². The standard InChI is InChI=1S/C28H38O2Si/c1-6-7-16-31(4,5)30-28(2,3)19-22-10-11-23-12-13-24-14-15-25(29-20-21-8-9-21)18-27(24)26(23)17-22/h10-15,17-18,21H,6-9,16,19-20H2,1-5H3. The molecule has 0 aliphatic heterocycles. The van der Waals surface area contributed by atoms with Crippen LogP contribution in [0.25, 0.3) is 21.5 Å². The van der Waals surface area contributed by atoms with E-state index in [0.29, 0.717) is 0 Å². The molecule has 3 aromatic rings. The lowest BCUT2D eigenvalue weighted by atomic mass is 9.94. The zero-order chi connectivity index (χ0) is 22.1. The highest BCUT2D eigenvalue weighted by Gasteiger charge is 2.31. The fraction of sp³-hybridized carbons (Fsp3) is 0.500. The van der Waals surface area contributed by atoms with E-state index < -0.39 is 8.32 Å². The monoisotopic (exact) mass is 434 g/mol. The number of benzene rings is 3. The Hall–Kier alpha value is -1.84. The number of unbranched alkanes of at least 4 members (excludes halogenated alkanes) is 1. The molecule has 0 spiro atoms. The molecule has 0 bridgehead atoms. The molecule has 1 fully saturated rings. The Balaban J connectivity index is 1.59. The van der Waals surface area contributed by atoms with E-state index in [9.17, 15) is 0 Å².